The fourth-order valence-corrected chi connectivity index (χ4v) is 2.49. The van der Waals surface area contributed by atoms with Gasteiger partial charge in [0, 0.05) is 0 Å². The van der Waals surface area contributed by atoms with E-state index in [1.165, 1.54) is 23.2 Å². The van der Waals surface area contributed by atoms with Crippen molar-refractivity contribution in [2.45, 2.75) is 32.9 Å². The fraction of sp³-hybridized carbons (Fsp3) is 0.385. The van der Waals surface area contributed by atoms with E-state index < -0.39 is 9.04 Å². The van der Waals surface area contributed by atoms with Crippen LogP contribution >= 0.6 is 0 Å². The predicted octanol–water partition coefficient (Wildman–Crippen LogP) is 4.01. The second-order valence-electron chi connectivity index (χ2n) is 3.58. The van der Waals surface area contributed by atoms with Crippen molar-refractivity contribution in [3.63, 3.8) is 0 Å². The molecule has 1 radical (unpaired) electrons. The zero-order chi connectivity index (χ0) is 11.1. The molecule has 0 saturated carbocycles. The van der Waals surface area contributed by atoms with Gasteiger partial charge in [-0.1, -0.05) is 43.7 Å². The molecule has 1 aromatic carbocycles. The maximum Gasteiger partial charge on any atom is 0.279 e. The van der Waals surface area contributed by atoms with E-state index in [-0.39, 0.29) is 0 Å². The van der Waals surface area contributed by atoms with Gasteiger partial charge in [-0.05, 0) is 30.7 Å². The van der Waals surface area contributed by atoms with Crippen molar-refractivity contribution in [1.82, 2.24) is 0 Å². The van der Waals surface area contributed by atoms with Gasteiger partial charge in [-0.3, -0.25) is 0 Å². The molecule has 0 aliphatic heterocycles. The molecule has 0 atom stereocenters. The van der Waals surface area contributed by atoms with Crippen molar-refractivity contribution in [3.05, 3.63) is 41.7 Å². The minimum absolute atomic E-state index is 0.590. The molecule has 0 heterocycles. The highest BCUT2D eigenvalue weighted by atomic mass is 28.3. The van der Waals surface area contributed by atoms with Gasteiger partial charge in [0.15, 0.2) is 0 Å². The van der Waals surface area contributed by atoms with E-state index >= 15 is 0 Å². The van der Waals surface area contributed by atoms with Crippen LogP contribution in [-0.2, 0) is 4.43 Å². The highest BCUT2D eigenvalue weighted by molar-refractivity contribution is 6.51. The van der Waals surface area contributed by atoms with E-state index in [0.717, 1.165) is 0 Å². The molecule has 81 valence electrons. The molecule has 1 rings (SSSR count). The lowest BCUT2D eigenvalue weighted by Crippen LogP contribution is -2.10. The molecule has 0 unspecified atom stereocenters. The summed E-state index contributed by atoms with van der Waals surface area (Å²) in [5.74, 6) is 0. The maximum atomic E-state index is 5.71. The van der Waals surface area contributed by atoms with E-state index in [2.05, 4.69) is 45.0 Å². The summed E-state index contributed by atoms with van der Waals surface area (Å²) in [7, 11) is -0.590. The van der Waals surface area contributed by atoms with Crippen molar-refractivity contribution < 1.29 is 4.43 Å². The highest BCUT2D eigenvalue weighted by Gasteiger charge is 2.05. The van der Waals surface area contributed by atoms with E-state index in [4.69, 9.17) is 4.43 Å². The van der Waals surface area contributed by atoms with Gasteiger partial charge in [-0.15, -0.1) is 0 Å². The molecule has 1 aromatic rings. The molecular weight excluding hydrogens is 200 g/mol. The normalized spacial score (nSPS) is 11.2. The third-order valence-corrected chi connectivity index (χ3v) is 4.37. The lowest BCUT2D eigenvalue weighted by molar-refractivity contribution is 0.493. The van der Waals surface area contributed by atoms with E-state index in [0.29, 0.717) is 0 Å². The zero-order valence-corrected chi connectivity index (χ0v) is 10.8. The molecule has 1 nitrogen and oxygen atoms in total. The second-order valence-corrected chi connectivity index (χ2v) is 6.31. The van der Waals surface area contributed by atoms with Crippen molar-refractivity contribution in [2.75, 3.05) is 0 Å². The Morgan fingerprint density at radius 3 is 2.60 bits per heavy atom. The Morgan fingerprint density at radius 1 is 1.27 bits per heavy atom. The van der Waals surface area contributed by atoms with Crippen LogP contribution in [0, 0.1) is 6.92 Å². The van der Waals surface area contributed by atoms with Crippen LogP contribution in [-0.4, -0.2) is 9.04 Å². The lowest BCUT2D eigenvalue weighted by Gasteiger charge is -2.07. The molecule has 0 aromatic heterocycles. The number of hydrogen-bond donors (Lipinski definition) is 0. The smallest absolute Gasteiger partial charge is 0.279 e. The first-order valence-corrected chi connectivity index (χ1v) is 7.33. The summed E-state index contributed by atoms with van der Waals surface area (Å²) in [6.07, 6.45) is 3.90. The minimum atomic E-state index is -0.590. The summed E-state index contributed by atoms with van der Waals surface area (Å²) in [6, 6.07) is 10.8. The monoisotopic (exact) mass is 219 g/mol. The summed E-state index contributed by atoms with van der Waals surface area (Å²) < 4.78 is 5.71. The van der Waals surface area contributed by atoms with Gasteiger partial charge in [0.2, 0.25) is 0 Å². The van der Waals surface area contributed by atoms with Crippen LogP contribution in [0.1, 0.15) is 25.0 Å². The summed E-state index contributed by atoms with van der Waals surface area (Å²) in [6.45, 7) is 6.49. The summed E-state index contributed by atoms with van der Waals surface area (Å²) >= 11 is 0. The van der Waals surface area contributed by atoms with Gasteiger partial charge < -0.3 is 4.43 Å². The van der Waals surface area contributed by atoms with E-state index in [9.17, 15) is 0 Å². The number of rotatable bonds is 5. The minimum Gasteiger partial charge on any atom is -0.547 e. The standard InChI is InChI=1S/C13H19OSi/c1-4-15(5-2)14-10-9-13-8-6-7-12(3)11-13/h6-11H,4-5H2,1-3H3. The Bertz CT molecular complexity index is 316. The van der Waals surface area contributed by atoms with Gasteiger partial charge in [0.1, 0.15) is 0 Å². The molecule has 0 spiro atoms. The third kappa shape index (κ3) is 4.34. The molecule has 0 fully saturated rings. The van der Waals surface area contributed by atoms with Gasteiger partial charge in [0.05, 0.1) is 6.26 Å². The molecule has 2 heteroatoms. The van der Waals surface area contributed by atoms with Gasteiger partial charge >= 0.3 is 0 Å². The number of aryl methyl sites for hydroxylation is 1. The Morgan fingerprint density at radius 2 is 2.00 bits per heavy atom. The van der Waals surface area contributed by atoms with Crippen LogP contribution < -0.4 is 0 Å². The van der Waals surface area contributed by atoms with Crippen LogP contribution in [0.15, 0.2) is 30.5 Å². The predicted molar refractivity (Wildman–Crippen MR) is 68.0 cm³/mol. The SMILES string of the molecule is CC[Si](CC)OC=Cc1cccc(C)c1. The summed E-state index contributed by atoms with van der Waals surface area (Å²) in [5.41, 5.74) is 2.50. The zero-order valence-electron chi connectivity index (χ0n) is 9.79. The lowest BCUT2D eigenvalue weighted by atomic mass is 10.1. The van der Waals surface area contributed by atoms with Crippen molar-refractivity contribution >= 4 is 15.1 Å². The summed E-state index contributed by atoms with van der Waals surface area (Å²) in [5, 5.41) is 0. The maximum absolute atomic E-state index is 5.71. The van der Waals surface area contributed by atoms with Gasteiger partial charge in [-0.25, -0.2) is 0 Å². The van der Waals surface area contributed by atoms with E-state index in [1.54, 1.807) is 0 Å². The average molecular weight is 219 g/mol. The quantitative estimate of drug-likeness (QED) is 0.537. The molecule has 0 aliphatic carbocycles. The van der Waals surface area contributed by atoms with Crippen molar-refractivity contribution in [1.29, 1.82) is 0 Å². The Hall–Kier alpha value is -1.02. The third-order valence-electron chi connectivity index (χ3n) is 2.33. The van der Waals surface area contributed by atoms with Crippen molar-refractivity contribution in [2.24, 2.45) is 0 Å². The Kier molecular flexibility index (Phi) is 5.19. The molecular formula is C13H19OSi. The molecule has 0 bridgehead atoms. The second kappa shape index (κ2) is 6.46. The van der Waals surface area contributed by atoms with Crippen LogP contribution in [0.3, 0.4) is 0 Å². The highest BCUT2D eigenvalue weighted by Crippen LogP contribution is 2.07. The van der Waals surface area contributed by atoms with E-state index in [1.807, 2.05) is 12.3 Å². The molecule has 0 aliphatic rings. The Balaban J connectivity index is 2.50. The molecule has 0 amide bonds. The van der Waals surface area contributed by atoms with Crippen LogP contribution in [0.2, 0.25) is 12.1 Å². The molecule has 0 saturated heterocycles. The van der Waals surface area contributed by atoms with Crippen molar-refractivity contribution in [3.8, 4) is 0 Å². The fourth-order valence-electron chi connectivity index (χ4n) is 1.40. The topological polar surface area (TPSA) is 9.23 Å². The molecule has 0 N–H and O–H groups in total. The number of benzene rings is 1. The first kappa shape index (κ1) is 12.0. The first-order valence-electron chi connectivity index (χ1n) is 5.50. The average Bonchev–Trinajstić information content (AvgIpc) is 2.25. The van der Waals surface area contributed by atoms with Crippen LogP contribution in [0.25, 0.3) is 6.08 Å². The van der Waals surface area contributed by atoms with Crippen LogP contribution in [0.5, 0.6) is 0 Å². The van der Waals surface area contributed by atoms with Gasteiger partial charge in [0.25, 0.3) is 9.04 Å². The molecule has 15 heavy (non-hydrogen) atoms. The first-order chi connectivity index (χ1) is 7.26. The van der Waals surface area contributed by atoms with Gasteiger partial charge in [-0.2, -0.15) is 0 Å². The Labute approximate surface area is 94.5 Å². The van der Waals surface area contributed by atoms with Crippen LogP contribution in [0.4, 0.5) is 0 Å². The summed E-state index contributed by atoms with van der Waals surface area (Å²) in [4.78, 5) is 0. The largest absolute Gasteiger partial charge is 0.547 e. The number of hydrogen-bond acceptors (Lipinski definition) is 1.